The fourth-order valence-electron chi connectivity index (χ4n) is 4.06. The minimum Gasteiger partial charge on any atom is -0.385 e. The third kappa shape index (κ3) is 5.73. The molecule has 1 N–H and O–H groups in total. The van der Waals surface area contributed by atoms with Gasteiger partial charge in [-0.25, -0.2) is 9.97 Å². The highest BCUT2D eigenvalue weighted by atomic mass is 16.5. The molecule has 0 aliphatic carbocycles. The summed E-state index contributed by atoms with van der Waals surface area (Å²) in [5.41, 5.74) is 1.35. The van der Waals surface area contributed by atoms with Gasteiger partial charge in [-0.3, -0.25) is 9.59 Å². The van der Waals surface area contributed by atoms with Gasteiger partial charge in [0.1, 0.15) is 5.82 Å². The molecule has 0 saturated carbocycles. The molecule has 1 aromatic rings. The van der Waals surface area contributed by atoms with Gasteiger partial charge in [-0.05, 0) is 39.0 Å². The van der Waals surface area contributed by atoms with Gasteiger partial charge in [0, 0.05) is 64.6 Å². The molecule has 2 amide bonds. The molecule has 8 nitrogen and oxygen atoms in total. The number of ether oxygens (including phenoxy) is 2. The van der Waals surface area contributed by atoms with Gasteiger partial charge in [-0.1, -0.05) is 0 Å². The number of nitrogens with one attached hydrogen (secondary N) is 1. The molecule has 0 spiro atoms. The summed E-state index contributed by atoms with van der Waals surface area (Å²) in [7, 11) is 1.65. The summed E-state index contributed by atoms with van der Waals surface area (Å²) >= 11 is 0. The van der Waals surface area contributed by atoms with E-state index in [1.165, 1.54) is 0 Å². The third-order valence-corrected chi connectivity index (χ3v) is 5.76. The van der Waals surface area contributed by atoms with Gasteiger partial charge in [0.05, 0.1) is 11.3 Å². The molecule has 1 aromatic heterocycles. The Kier molecular flexibility index (Phi) is 7.94. The molecule has 160 valence electrons. The first-order chi connectivity index (χ1) is 14.1. The van der Waals surface area contributed by atoms with Crippen molar-refractivity contribution in [3.8, 4) is 0 Å². The Hall–Kier alpha value is -2.06. The monoisotopic (exact) mass is 404 g/mol. The normalized spacial score (nSPS) is 18.6. The summed E-state index contributed by atoms with van der Waals surface area (Å²) in [6, 6.07) is 0. The second-order valence-corrected chi connectivity index (χ2v) is 7.80. The number of aromatic nitrogens is 2. The number of piperidine rings is 1. The zero-order valence-corrected chi connectivity index (χ0v) is 17.5. The van der Waals surface area contributed by atoms with E-state index >= 15 is 0 Å². The summed E-state index contributed by atoms with van der Waals surface area (Å²) < 4.78 is 10.4. The molecule has 0 radical (unpaired) electrons. The van der Waals surface area contributed by atoms with E-state index in [-0.39, 0.29) is 23.7 Å². The molecule has 3 heterocycles. The Bertz CT molecular complexity index is 698. The fourth-order valence-corrected chi connectivity index (χ4v) is 4.06. The lowest BCUT2D eigenvalue weighted by Crippen LogP contribution is -2.43. The van der Waals surface area contributed by atoms with Gasteiger partial charge < -0.3 is 19.7 Å². The summed E-state index contributed by atoms with van der Waals surface area (Å²) in [6.45, 7) is 5.77. The van der Waals surface area contributed by atoms with Crippen molar-refractivity contribution >= 4 is 11.8 Å². The van der Waals surface area contributed by atoms with Crippen molar-refractivity contribution in [2.45, 2.75) is 44.9 Å². The van der Waals surface area contributed by atoms with Crippen LogP contribution in [-0.2, 0) is 14.3 Å². The van der Waals surface area contributed by atoms with E-state index in [1.54, 1.807) is 13.3 Å². The summed E-state index contributed by atoms with van der Waals surface area (Å²) in [5.74, 6) is 1.03. The highest BCUT2D eigenvalue weighted by Gasteiger charge is 2.31. The second kappa shape index (κ2) is 10.6. The topological polar surface area (TPSA) is 93.6 Å². The number of carbonyl (C=O) groups excluding carboxylic acids is 2. The Balaban J connectivity index is 1.61. The first-order valence-corrected chi connectivity index (χ1v) is 10.6. The summed E-state index contributed by atoms with van der Waals surface area (Å²) in [6.07, 6.45) is 5.65. The number of hydrogen-bond acceptors (Lipinski definition) is 6. The highest BCUT2D eigenvalue weighted by molar-refractivity contribution is 5.95. The maximum absolute atomic E-state index is 12.8. The number of nitrogens with zero attached hydrogens (tertiary/aromatic N) is 3. The maximum Gasteiger partial charge on any atom is 0.254 e. The quantitative estimate of drug-likeness (QED) is 0.695. The van der Waals surface area contributed by atoms with Crippen molar-refractivity contribution in [1.29, 1.82) is 0 Å². The molecule has 0 atom stereocenters. The van der Waals surface area contributed by atoms with Crippen molar-refractivity contribution in [2.24, 2.45) is 5.92 Å². The molecule has 0 bridgehead atoms. The van der Waals surface area contributed by atoms with Gasteiger partial charge in [0.15, 0.2) is 0 Å². The molecule has 2 aliphatic rings. The predicted molar refractivity (Wildman–Crippen MR) is 108 cm³/mol. The van der Waals surface area contributed by atoms with E-state index in [4.69, 9.17) is 9.47 Å². The molecule has 0 unspecified atom stereocenters. The number of aryl methyl sites for hydroxylation is 1. The molecule has 2 fully saturated rings. The molecule has 8 heteroatoms. The molecule has 3 rings (SSSR count). The van der Waals surface area contributed by atoms with E-state index in [2.05, 4.69) is 15.3 Å². The van der Waals surface area contributed by atoms with E-state index in [1.807, 2.05) is 11.8 Å². The van der Waals surface area contributed by atoms with Crippen molar-refractivity contribution in [2.75, 3.05) is 46.6 Å². The van der Waals surface area contributed by atoms with Crippen LogP contribution in [0.25, 0.3) is 0 Å². The average molecular weight is 405 g/mol. The Labute approximate surface area is 172 Å². The van der Waals surface area contributed by atoms with Crippen LogP contribution >= 0.6 is 0 Å². The van der Waals surface area contributed by atoms with Crippen molar-refractivity contribution in [3.05, 3.63) is 23.3 Å². The molecular weight excluding hydrogens is 372 g/mol. The predicted octanol–water partition coefficient (Wildman–Crippen LogP) is 1.68. The van der Waals surface area contributed by atoms with Crippen molar-refractivity contribution in [1.82, 2.24) is 20.2 Å². The van der Waals surface area contributed by atoms with E-state index in [9.17, 15) is 9.59 Å². The second-order valence-electron chi connectivity index (χ2n) is 7.80. The van der Waals surface area contributed by atoms with Gasteiger partial charge in [-0.2, -0.15) is 0 Å². The van der Waals surface area contributed by atoms with E-state index in [0.29, 0.717) is 50.8 Å². The Morgan fingerprint density at radius 3 is 2.66 bits per heavy atom. The molecule has 2 aliphatic heterocycles. The van der Waals surface area contributed by atoms with Gasteiger partial charge in [0.2, 0.25) is 5.91 Å². The van der Waals surface area contributed by atoms with Crippen LogP contribution in [0.4, 0.5) is 0 Å². The van der Waals surface area contributed by atoms with Crippen LogP contribution in [0, 0.1) is 12.8 Å². The first-order valence-electron chi connectivity index (χ1n) is 10.6. The smallest absolute Gasteiger partial charge is 0.254 e. The van der Waals surface area contributed by atoms with Crippen LogP contribution in [0.2, 0.25) is 0 Å². The number of likely N-dealkylation sites (tertiary alicyclic amines) is 1. The SMILES string of the molecule is COCCCNC(=O)c1cnc(C)nc1C1CCN(C(=O)C2CCOCC2)CC1. The first kappa shape index (κ1) is 21.6. The molecular formula is C21H32N4O4. The zero-order chi connectivity index (χ0) is 20.6. The number of carbonyl (C=O) groups is 2. The molecule has 0 aromatic carbocycles. The lowest BCUT2D eigenvalue weighted by Gasteiger charge is -2.35. The third-order valence-electron chi connectivity index (χ3n) is 5.76. The highest BCUT2D eigenvalue weighted by Crippen LogP contribution is 2.30. The summed E-state index contributed by atoms with van der Waals surface area (Å²) in [5, 5.41) is 2.93. The standard InChI is InChI=1S/C21H32N4O4/c1-15-23-14-18(20(26)22-8-3-11-28-2)19(24-15)16-4-9-25(10-5-16)21(27)17-6-12-29-13-7-17/h14,16-17H,3-13H2,1-2H3,(H,22,26). The average Bonchev–Trinajstić information content (AvgIpc) is 2.77. The number of methoxy groups -OCH3 is 1. The van der Waals surface area contributed by atoms with Gasteiger partial charge in [-0.15, -0.1) is 0 Å². The van der Waals surface area contributed by atoms with Crippen LogP contribution in [0.15, 0.2) is 6.20 Å². The zero-order valence-electron chi connectivity index (χ0n) is 17.5. The van der Waals surface area contributed by atoms with Crippen LogP contribution in [-0.4, -0.2) is 73.2 Å². The number of amides is 2. The van der Waals surface area contributed by atoms with Crippen molar-refractivity contribution < 1.29 is 19.1 Å². The number of rotatable bonds is 7. The maximum atomic E-state index is 12.8. The van der Waals surface area contributed by atoms with E-state index < -0.39 is 0 Å². The van der Waals surface area contributed by atoms with Gasteiger partial charge in [0.25, 0.3) is 5.91 Å². The Morgan fingerprint density at radius 1 is 1.24 bits per heavy atom. The Morgan fingerprint density at radius 2 is 1.97 bits per heavy atom. The minimum absolute atomic E-state index is 0.0926. The molecule has 29 heavy (non-hydrogen) atoms. The van der Waals surface area contributed by atoms with Crippen molar-refractivity contribution in [3.63, 3.8) is 0 Å². The van der Waals surface area contributed by atoms with Crippen LogP contribution in [0.3, 0.4) is 0 Å². The van der Waals surface area contributed by atoms with Crippen LogP contribution in [0.1, 0.15) is 59.9 Å². The van der Waals surface area contributed by atoms with Gasteiger partial charge >= 0.3 is 0 Å². The fraction of sp³-hybridized carbons (Fsp3) is 0.714. The minimum atomic E-state index is -0.142. The molecule has 2 saturated heterocycles. The largest absolute Gasteiger partial charge is 0.385 e. The lowest BCUT2D eigenvalue weighted by molar-refractivity contribution is -0.139. The van der Waals surface area contributed by atoms with Crippen LogP contribution < -0.4 is 5.32 Å². The van der Waals surface area contributed by atoms with Crippen LogP contribution in [0.5, 0.6) is 0 Å². The van der Waals surface area contributed by atoms with E-state index in [0.717, 1.165) is 37.8 Å². The summed E-state index contributed by atoms with van der Waals surface area (Å²) in [4.78, 5) is 36.2. The lowest BCUT2D eigenvalue weighted by atomic mass is 9.89. The number of hydrogen-bond donors (Lipinski definition) is 1.